The van der Waals surface area contributed by atoms with Crippen molar-refractivity contribution in [2.24, 2.45) is 0 Å². The molecule has 1 heterocycles. The van der Waals surface area contributed by atoms with Crippen LogP contribution in [0.2, 0.25) is 0 Å². The first kappa shape index (κ1) is 15.3. The van der Waals surface area contributed by atoms with Crippen molar-refractivity contribution in [2.75, 3.05) is 6.61 Å². The van der Waals surface area contributed by atoms with E-state index in [0.717, 1.165) is 11.1 Å². The Morgan fingerprint density at radius 1 is 1.13 bits per heavy atom. The number of nitrogens with zero attached hydrogens (tertiary/aromatic N) is 1. The van der Waals surface area contributed by atoms with Gasteiger partial charge in [0.05, 0.1) is 6.61 Å². The number of rotatable bonds is 4. The number of hydrogen-bond acceptors (Lipinski definition) is 3. The topological polar surface area (TPSA) is 46.6 Å². The maximum absolute atomic E-state index is 12.9. The Kier molecular flexibility index (Phi) is 4.42. The molecule has 1 amide bonds. The van der Waals surface area contributed by atoms with Gasteiger partial charge in [0.2, 0.25) is 0 Å². The molecule has 0 aliphatic carbocycles. The maximum atomic E-state index is 12.9. The van der Waals surface area contributed by atoms with Crippen LogP contribution in [0.3, 0.4) is 0 Å². The molecule has 2 aromatic rings. The summed E-state index contributed by atoms with van der Waals surface area (Å²) in [5.41, 5.74) is 2.68. The van der Waals surface area contributed by atoms with Gasteiger partial charge < -0.3 is 9.64 Å². The molecule has 0 spiro atoms. The predicted octanol–water partition coefficient (Wildman–Crippen LogP) is 2.95. The van der Waals surface area contributed by atoms with Gasteiger partial charge in [-0.1, -0.05) is 48.0 Å². The predicted molar refractivity (Wildman–Crippen MR) is 86.9 cm³/mol. The Hall–Kier alpha value is -2.62. The van der Waals surface area contributed by atoms with Crippen LogP contribution in [-0.2, 0) is 16.1 Å². The summed E-state index contributed by atoms with van der Waals surface area (Å²) in [6.45, 7) is 2.74. The van der Waals surface area contributed by atoms with Crippen LogP contribution < -0.4 is 0 Å². The van der Waals surface area contributed by atoms with Gasteiger partial charge in [0.1, 0.15) is 6.04 Å². The Morgan fingerprint density at radius 3 is 2.43 bits per heavy atom. The fraction of sp³-hybridized carbons (Fsp3) is 0.263. The molecule has 1 aliphatic heterocycles. The lowest BCUT2D eigenvalue weighted by atomic mass is 10.1. The number of hydrogen-bond donors (Lipinski definition) is 0. The van der Waals surface area contributed by atoms with Crippen LogP contribution in [-0.4, -0.2) is 29.4 Å². The zero-order valence-corrected chi connectivity index (χ0v) is 13.1. The second kappa shape index (κ2) is 6.65. The van der Waals surface area contributed by atoms with Crippen LogP contribution in [0, 0.1) is 6.92 Å². The molecule has 4 nitrogen and oxygen atoms in total. The lowest BCUT2D eigenvalue weighted by Crippen LogP contribution is -2.42. The second-order valence-electron chi connectivity index (χ2n) is 5.76. The minimum atomic E-state index is -0.510. The van der Waals surface area contributed by atoms with E-state index in [0.29, 0.717) is 25.1 Å². The van der Waals surface area contributed by atoms with Gasteiger partial charge >= 0.3 is 5.97 Å². The molecule has 0 aromatic heterocycles. The SMILES string of the molecule is Cc1ccc(C(=O)N(Cc2ccccc2)C2CCOC2=O)cc1. The lowest BCUT2D eigenvalue weighted by molar-refractivity contribution is -0.141. The standard InChI is InChI=1S/C19H19NO3/c1-14-7-9-16(10-8-14)18(21)20(17-11-12-23-19(17)22)13-15-5-3-2-4-6-15/h2-10,17H,11-13H2,1H3. The molecule has 0 N–H and O–H groups in total. The third-order valence-electron chi connectivity index (χ3n) is 4.04. The first-order chi connectivity index (χ1) is 11.1. The molecule has 1 saturated heterocycles. The molecular formula is C19H19NO3. The number of esters is 1. The van der Waals surface area contributed by atoms with Crippen molar-refractivity contribution < 1.29 is 14.3 Å². The largest absolute Gasteiger partial charge is 0.464 e. The molecule has 1 atom stereocenters. The van der Waals surface area contributed by atoms with Gasteiger partial charge in [-0.05, 0) is 24.6 Å². The molecule has 1 aliphatic rings. The average molecular weight is 309 g/mol. The van der Waals surface area contributed by atoms with Crippen LogP contribution in [0.1, 0.15) is 27.9 Å². The summed E-state index contributed by atoms with van der Waals surface area (Å²) in [7, 11) is 0. The summed E-state index contributed by atoms with van der Waals surface area (Å²) in [6, 6.07) is 16.6. The zero-order valence-electron chi connectivity index (χ0n) is 13.1. The molecule has 0 saturated carbocycles. The highest BCUT2D eigenvalue weighted by Crippen LogP contribution is 2.20. The van der Waals surface area contributed by atoms with E-state index >= 15 is 0 Å². The van der Waals surface area contributed by atoms with Gasteiger partial charge in [-0.15, -0.1) is 0 Å². The fourth-order valence-corrected chi connectivity index (χ4v) is 2.73. The quantitative estimate of drug-likeness (QED) is 0.816. The van der Waals surface area contributed by atoms with Gasteiger partial charge in [0, 0.05) is 18.5 Å². The molecule has 4 heteroatoms. The van der Waals surface area contributed by atoms with Gasteiger partial charge in [0.25, 0.3) is 5.91 Å². The van der Waals surface area contributed by atoms with Crippen molar-refractivity contribution in [3.8, 4) is 0 Å². The Bertz CT molecular complexity index is 694. The van der Waals surface area contributed by atoms with Crippen LogP contribution in [0.4, 0.5) is 0 Å². The summed E-state index contributed by atoms with van der Waals surface area (Å²) < 4.78 is 5.06. The molecule has 118 valence electrons. The van der Waals surface area contributed by atoms with E-state index in [4.69, 9.17) is 4.74 Å². The van der Waals surface area contributed by atoms with E-state index in [1.165, 1.54) is 0 Å². The van der Waals surface area contributed by atoms with E-state index in [-0.39, 0.29) is 11.9 Å². The maximum Gasteiger partial charge on any atom is 0.329 e. The molecule has 1 fully saturated rings. The van der Waals surface area contributed by atoms with Gasteiger partial charge in [0.15, 0.2) is 0 Å². The van der Waals surface area contributed by atoms with Crippen molar-refractivity contribution in [2.45, 2.75) is 25.9 Å². The Morgan fingerprint density at radius 2 is 1.83 bits per heavy atom. The zero-order chi connectivity index (χ0) is 16.2. The van der Waals surface area contributed by atoms with Gasteiger partial charge in [-0.2, -0.15) is 0 Å². The molecule has 0 radical (unpaired) electrons. The van der Waals surface area contributed by atoms with Crippen LogP contribution in [0.25, 0.3) is 0 Å². The molecule has 0 bridgehead atoms. The third kappa shape index (κ3) is 3.42. The summed E-state index contributed by atoms with van der Waals surface area (Å²) in [5, 5.41) is 0. The van der Waals surface area contributed by atoms with Crippen molar-refractivity contribution in [1.29, 1.82) is 0 Å². The Labute approximate surface area is 135 Å². The normalized spacial score (nSPS) is 16.9. The number of carbonyl (C=O) groups is 2. The summed E-state index contributed by atoms with van der Waals surface area (Å²) in [6.07, 6.45) is 0.545. The highest BCUT2D eigenvalue weighted by Gasteiger charge is 2.35. The second-order valence-corrected chi connectivity index (χ2v) is 5.76. The fourth-order valence-electron chi connectivity index (χ4n) is 2.73. The van der Waals surface area contributed by atoms with E-state index < -0.39 is 6.04 Å². The van der Waals surface area contributed by atoms with E-state index in [9.17, 15) is 9.59 Å². The molecule has 3 rings (SSSR count). The summed E-state index contributed by atoms with van der Waals surface area (Å²) >= 11 is 0. The van der Waals surface area contributed by atoms with Gasteiger partial charge in [-0.3, -0.25) is 4.79 Å². The van der Waals surface area contributed by atoms with Crippen LogP contribution >= 0.6 is 0 Å². The first-order valence-electron chi connectivity index (χ1n) is 7.73. The number of aryl methyl sites for hydroxylation is 1. The number of ether oxygens (including phenoxy) is 1. The third-order valence-corrected chi connectivity index (χ3v) is 4.04. The smallest absolute Gasteiger partial charge is 0.329 e. The summed E-state index contributed by atoms with van der Waals surface area (Å²) in [5.74, 6) is -0.459. The van der Waals surface area contributed by atoms with Gasteiger partial charge in [-0.25, -0.2) is 4.79 Å². The van der Waals surface area contributed by atoms with E-state index in [2.05, 4.69) is 0 Å². The summed E-state index contributed by atoms with van der Waals surface area (Å²) in [4.78, 5) is 26.5. The lowest BCUT2D eigenvalue weighted by Gasteiger charge is -2.26. The molecule has 1 unspecified atom stereocenters. The van der Waals surface area contributed by atoms with Crippen LogP contribution in [0.5, 0.6) is 0 Å². The van der Waals surface area contributed by atoms with Crippen molar-refractivity contribution in [3.05, 3.63) is 71.3 Å². The van der Waals surface area contributed by atoms with E-state index in [1.54, 1.807) is 17.0 Å². The monoisotopic (exact) mass is 309 g/mol. The first-order valence-corrected chi connectivity index (χ1v) is 7.73. The Balaban J connectivity index is 1.89. The van der Waals surface area contributed by atoms with Crippen molar-refractivity contribution in [3.63, 3.8) is 0 Å². The number of amides is 1. The minimum absolute atomic E-state index is 0.141. The molecule has 2 aromatic carbocycles. The highest BCUT2D eigenvalue weighted by molar-refractivity contribution is 5.97. The highest BCUT2D eigenvalue weighted by atomic mass is 16.5. The van der Waals surface area contributed by atoms with Crippen molar-refractivity contribution in [1.82, 2.24) is 4.90 Å². The van der Waals surface area contributed by atoms with E-state index in [1.807, 2.05) is 49.4 Å². The molecular weight excluding hydrogens is 290 g/mol. The van der Waals surface area contributed by atoms with Crippen LogP contribution in [0.15, 0.2) is 54.6 Å². The average Bonchev–Trinajstić information content (AvgIpc) is 2.99. The van der Waals surface area contributed by atoms with Crippen molar-refractivity contribution >= 4 is 11.9 Å². The number of benzene rings is 2. The minimum Gasteiger partial charge on any atom is -0.464 e. The number of carbonyl (C=O) groups excluding carboxylic acids is 2. The molecule has 23 heavy (non-hydrogen) atoms. The number of cyclic esters (lactones) is 1.